The number of aryl methyl sites for hydroxylation is 1. The molecule has 3 atom stereocenters. The predicted octanol–water partition coefficient (Wildman–Crippen LogP) is 1.52. The van der Waals surface area contributed by atoms with E-state index in [2.05, 4.69) is 22.1 Å². The smallest absolute Gasteiger partial charge is 0.265 e. The van der Waals surface area contributed by atoms with E-state index in [4.69, 9.17) is 0 Å². The Balaban J connectivity index is 1.81. The summed E-state index contributed by atoms with van der Waals surface area (Å²) in [6.07, 6.45) is 2.77. The van der Waals surface area contributed by atoms with E-state index in [1.54, 1.807) is 6.20 Å². The lowest BCUT2D eigenvalue weighted by Gasteiger charge is -2.26. The minimum absolute atomic E-state index is 0.182. The van der Waals surface area contributed by atoms with Crippen LogP contribution in [0.15, 0.2) is 6.20 Å². The molecule has 1 aromatic heterocycles. The summed E-state index contributed by atoms with van der Waals surface area (Å²) in [7, 11) is 0. The third-order valence-electron chi connectivity index (χ3n) is 4.23. The van der Waals surface area contributed by atoms with E-state index in [0.29, 0.717) is 17.9 Å². The number of carbonyl (C=O) groups is 1. The monoisotopic (exact) mass is 265 g/mol. The SMILES string of the molecule is CCC1C2CNCC2CN1C(=O)c1cnc(C)s1. The molecule has 18 heavy (non-hydrogen) atoms. The molecule has 1 aromatic rings. The maximum atomic E-state index is 12.5. The van der Waals surface area contributed by atoms with E-state index in [-0.39, 0.29) is 5.91 Å². The minimum atomic E-state index is 0.182. The average Bonchev–Trinajstić information content (AvgIpc) is 3.01. The summed E-state index contributed by atoms with van der Waals surface area (Å²) in [6.45, 7) is 7.16. The van der Waals surface area contributed by atoms with Crippen molar-refractivity contribution in [2.45, 2.75) is 26.3 Å². The van der Waals surface area contributed by atoms with Crippen molar-refractivity contribution < 1.29 is 4.79 Å². The maximum absolute atomic E-state index is 12.5. The largest absolute Gasteiger partial charge is 0.334 e. The van der Waals surface area contributed by atoms with E-state index in [0.717, 1.165) is 35.9 Å². The second-order valence-electron chi connectivity index (χ2n) is 5.26. The summed E-state index contributed by atoms with van der Waals surface area (Å²) in [4.78, 5) is 19.6. The Labute approximate surface area is 111 Å². The van der Waals surface area contributed by atoms with Crippen molar-refractivity contribution in [2.75, 3.05) is 19.6 Å². The van der Waals surface area contributed by atoms with Crippen molar-refractivity contribution in [3.8, 4) is 0 Å². The summed E-state index contributed by atoms with van der Waals surface area (Å²) in [5, 5.41) is 4.41. The highest BCUT2D eigenvalue weighted by molar-refractivity contribution is 7.13. The number of nitrogens with one attached hydrogen (secondary N) is 1. The maximum Gasteiger partial charge on any atom is 0.265 e. The molecule has 0 spiro atoms. The van der Waals surface area contributed by atoms with Gasteiger partial charge in [0.05, 0.1) is 11.2 Å². The van der Waals surface area contributed by atoms with Crippen LogP contribution in [0.2, 0.25) is 0 Å². The zero-order valence-corrected chi connectivity index (χ0v) is 11.7. The van der Waals surface area contributed by atoms with Gasteiger partial charge in [-0.1, -0.05) is 6.92 Å². The first-order valence-electron chi connectivity index (χ1n) is 6.64. The molecule has 4 nitrogen and oxygen atoms in total. The Kier molecular flexibility index (Phi) is 3.11. The van der Waals surface area contributed by atoms with Crippen molar-refractivity contribution in [3.63, 3.8) is 0 Å². The fraction of sp³-hybridized carbons (Fsp3) is 0.692. The Morgan fingerprint density at radius 2 is 2.44 bits per heavy atom. The molecule has 0 bridgehead atoms. The average molecular weight is 265 g/mol. The first-order chi connectivity index (χ1) is 8.70. The molecular formula is C13H19N3OS. The third-order valence-corrected chi connectivity index (χ3v) is 5.13. The van der Waals surface area contributed by atoms with E-state index >= 15 is 0 Å². The van der Waals surface area contributed by atoms with E-state index in [9.17, 15) is 4.79 Å². The highest BCUT2D eigenvalue weighted by Gasteiger charge is 2.45. The van der Waals surface area contributed by atoms with Gasteiger partial charge in [-0.3, -0.25) is 4.79 Å². The van der Waals surface area contributed by atoms with Gasteiger partial charge in [-0.05, 0) is 25.2 Å². The lowest BCUT2D eigenvalue weighted by molar-refractivity contribution is 0.0716. The highest BCUT2D eigenvalue weighted by Crippen LogP contribution is 2.35. The number of likely N-dealkylation sites (tertiary alicyclic amines) is 1. The van der Waals surface area contributed by atoms with E-state index in [1.807, 2.05) is 6.92 Å². The fourth-order valence-corrected chi connectivity index (χ4v) is 4.11. The summed E-state index contributed by atoms with van der Waals surface area (Å²) < 4.78 is 0. The number of carbonyl (C=O) groups excluding carboxylic acids is 1. The van der Waals surface area contributed by atoms with E-state index < -0.39 is 0 Å². The van der Waals surface area contributed by atoms with Crippen molar-refractivity contribution in [1.29, 1.82) is 0 Å². The van der Waals surface area contributed by atoms with Gasteiger partial charge >= 0.3 is 0 Å². The molecule has 5 heteroatoms. The van der Waals surface area contributed by atoms with Crippen molar-refractivity contribution in [1.82, 2.24) is 15.2 Å². The van der Waals surface area contributed by atoms with Crippen molar-refractivity contribution in [3.05, 3.63) is 16.1 Å². The lowest BCUT2D eigenvalue weighted by Crippen LogP contribution is -2.39. The molecule has 3 unspecified atom stereocenters. The highest BCUT2D eigenvalue weighted by atomic mass is 32.1. The van der Waals surface area contributed by atoms with Gasteiger partial charge in [-0.25, -0.2) is 4.98 Å². The van der Waals surface area contributed by atoms with Crippen LogP contribution >= 0.6 is 11.3 Å². The molecular weight excluding hydrogens is 246 g/mol. The first-order valence-corrected chi connectivity index (χ1v) is 7.46. The molecule has 0 aromatic carbocycles. The quantitative estimate of drug-likeness (QED) is 0.882. The van der Waals surface area contributed by atoms with Gasteiger partial charge in [0, 0.05) is 25.7 Å². The Morgan fingerprint density at radius 1 is 1.61 bits per heavy atom. The molecule has 0 saturated carbocycles. The van der Waals surface area contributed by atoms with Gasteiger partial charge in [0.1, 0.15) is 4.88 Å². The van der Waals surface area contributed by atoms with Gasteiger partial charge in [0.2, 0.25) is 0 Å². The first kappa shape index (κ1) is 12.1. The van der Waals surface area contributed by atoms with Gasteiger partial charge in [0.25, 0.3) is 5.91 Å². The van der Waals surface area contributed by atoms with Crippen LogP contribution in [0.1, 0.15) is 28.0 Å². The van der Waals surface area contributed by atoms with Crippen LogP contribution in [0.3, 0.4) is 0 Å². The number of nitrogens with zero attached hydrogens (tertiary/aromatic N) is 2. The number of aromatic nitrogens is 1. The van der Waals surface area contributed by atoms with Crippen LogP contribution < -0.4 is 5.32 Å². The number of amides is 1. The van der Waals surface area contributed by atoms with Crippen LogP contribution in [0, 0.1) is 18.8 Å². The van der Waals surface area contributed by atoms with Gasteiger partial charge in [0.15, 0.2) is 0 Å². The van der Waals surface area contributed by atoms with Crippen molar-refractivity contribution >= 4 is 17.2 Å². The van der Waals surface area contributed by atoms with Crippen LogP contribution in [-0.4, -0.2) is 41.5 Å². The molecule has 1 amide bonds. The van der Waals surface area contributed by atoms with Gasteiger partial charge in [-0.2, -0.15) is 0 Å². The molecule has 0 aliphatic carbocycles. The fourth-order valence-electron chi connectivity index (χ4n) is 3.38. The molecule has 3 heterocycles. The predicted molar refractivity (Wildman–Crippen MR) is 71.8 cm³/mol. The Bertz CT molecular complexity index is 459. The van der Waals surface area contributed by atoms with Crippen LogP contribution in [0.25, 0.3) is 0 Å². The number of rotatable bonds is 2. The van der Waals surface area contributed by atoms with Gasteiger partial charge < -0.3 is 10.2 Å². The van der Waals surface area contributed by atoms with Crippen LogP contribution in [0.4, 0.5) is 0 Å². The number of hydrogen-bond acceptors (Lipinski definition) is 4. The molecule has 1 N–H and O–H groups in total. The summed E-state index contributed by atoms with van der Waals surface area (Å²) in [5.41, 5.74) is 0. The normalized spacial score (nSPS) is 30.8. The Hall–Kier alpha value is -0.940. The second-order valence-corrected chi connectivity index (χ2v) is 6.49. The molecule has 2 fully saturated rings. The number of hydrogen-bond donors (Lipinski definition) is 1. The number of thiazole rings is 1. The summed E-state index contributed by atoms with van der Waals surface area (Å²) in [6, 6.07) is 0.403. The molecule has 2 saturated heterocycles. The Morgan fingerprint density at radius 3 is 3.11 bits per heavy atom. The molecule has 2 aliphatic heterocycles. The summed E-state index contributed by atoms with van der Waals surface area (Å²) >= 11 is 1.51. The lowest BCUT2D eigenvalue weighted by atomic mass is 9.93. The zero-order chi connectivity index (χ0) is 12.7. The van der Waals surface area contributed by atoms with Crippen molar-refractivity contribution in [2.24, 2.45) is 11.8 Å². The minimum Gasteiger partial charge on any atom is -0.334 e. The second kappa shape index (κ2) is 4.63. The van der Waals surface area contributed by atoms with Crippen LogP contribution in [-0.2, 0) is 0 Å². The molecule has 98 valence electrons. The number of fused-ring (bicyclic) bond motifs is 1. The topological polar surface area (TPSA) is 45.2 Å². The molecule has 0 radical (unpaired) electrons. The van der Waals surface area contributed by atoms with Gasteiger partial charge in [-0.15, -0.1) is 11.3 Å². The standard InChI is InChI=1S/C13H19N3OS/c1-3-11-10-5-14-4-9(10)7-16(11)13(17)12-6-15-8(2)18-12/h6,9-11,14H,3-5,7H2,1-2H3. The summed E-state index contributed by atoms with van der Waals surface area (Å²) in [5.74, 6) is 1.47. The molecule has 2 aliphatic rings. The zero-order valence-electron chi connectivity index (χ0n) is 10.8. The van der Waals surface area contributed by atoms with Crippen LogP contribution in [0.5, 0.6) is 0 Å². The molecule has 3 rings (SSSR count). The third kappa shape index (κ3) is 1.86. The van der Waals surface area contributed by atoms with E-state index in [1.165, 1.54) is 11.3 Å².